The summed E-state index contributed by atoms with van der Waals surface area (Å²) in [5, 5.41) is 0. The van der Waals surface area contributed by atoms with E-state index >= 15 is 0 Å². The first-order valence-corrected chi connectivity index (χ1v) is 7.10. The normalized spacial score (nSPS) is 10.9. The highest BCUT2D eigenvalue weighted by molar-refractivity contribution is 5.38. The maximum Gasteiger partial charge on any atom is 0.122 e. The minimum atomic E-state index is 0.810. The molecule has 1 aromatic carbocycles. The third kappa shape index (κ3) is 4.69. The molecule has 0 unspecified atom stereocenters. The molecule has 0 aliphatic rings. The van der Waals surface area contributed by atoms with Crippen LogP contribution in [0.2, 0.25) is 0 Å². The third-order valence-corrected chi connectivity index (χ3v) is 3.42. The van der Waals surface area contributed by atoms with E-state index in [9.17, 15) is 0 Å². The lowest BCUT2D eigenvalue weighted by molar-refractivity contribution is 0.241. The van der Waals surface area contributed by atoms with Crippen molar-refractivity contribution in [2.75, 3.05) is 26.2 Å². The number of aryl methyl sites for hydroxylation is 1. The fraction of sp³-hybridized carbons (Fsp3) is 0.625. The van der Waals surface area contributed by atoms with Crippen LogP contribution >= 0.6 is 0 Å². The maximum absolute atomic E-state index is 5.86. The Hall–Kier alpha value is -1.02. The molecule has 0 atom stereocenters. The molecular formula is C16H27NO. The molecule has 1 rings (SSSR count). The molecule has 102 valence electrons. The molecule has 0 aromatic heterocycles. The topological polar surface area (TPSA) is 12.5 Å². The fourth-order valence-corrected chi connectivity index (χ4v) is 2.10. The molecular weight excluding hydrogens is 222 g/mol. The van der Waals surface area contributed by atoms with E-state index in [0.29, 0.717) is 0 Å². The summed E-state index contributed by atoms with van der Waals surface area (Å²) in [6.07, 6.45) is 2.33. The first-order chi connectivity index (χ1) is 8.69. The summed E-state index contributed by atoms with van der Waals surface area (Å²) in [5.74, 6) is 1.04. The second kappa shape index (κ2) is 8.15. The summed E-state index contributed by atoms with van der Waals surface area (Å²) >= 11 is 0. The van der Waals surface area contributed by atoms with Gasteiger partial charge >= 0.3 is 0 Å². The van der Waals surface area contributed by atoms with E-state index in [1.54, 1.807) is 0 Å². The van der Waals surface area contributed by atoms with Crippen LogP contribution in [0.4, 0.5) is 0 Å². The molecule has 2 nitrogen and oxygen atoms in total. The lowest BCUT2D eigenvalue weighted by atomic mass is 10.1. The second-order valence-electron chi connectivity index (χ2n) is 4.83. The Labute approximate surface area is 112 Å². The molecule has 0 saturated carbocycles. The van der Waals surface area contributed by atoms with Gasteiger partial charge in [-0.3, -0.25) is 0 Å². The van der Waals surface area contributed by atoms with Crippen LogP contribution in [-0.4, -0.2) is 31.1 Å². The molecule has 0 aliphatic carbocycles. The molecule has 0 saturated heterocycles. The van der Waals surface area contributed by atoms with Crippen molar-refractivity contribution in [1.29, 1.82) is 0 Å². The van der Waals surface area contributed by atoms with Crippen molar-refractivity contribution in [2.45, 2.75) is 40.5 Å². The Morgan fingerprint density at radius 1 is 1.11 bits per heavy atom. The number of hydrogen-bond donors (Lipinski definition) is 0. The Bertz CT molecular complexity index is 349. The Morgan fingerprint density at radius 3 is 2.56 bits per heavy atom. The minimum absolute atomic E-state index is 0.810. The van der Waals surface area contributed by atoms with E-state index in [1.807, 2.05) is 0 Å². The fourth-order valence-electron chi connectivity index (χ4n) is 2.10. The zero-order valence-corrected chi connectivity index (χ0v) is 12.3. The van der Waals surface area contributed by atoms with E-state index in [-0.39, 0.29) is 0 Å². The molecule has 18 heavy (non-hydrogen) atoms. The maximum atomic E-state index is 5.86. The lowest BCUT2D eigenvalue weighted by Crippen LogP contribution is -2.26. The summed E-state index contributed by atoms with van der Waals surface area (Å²) in [6, 6.07) is 6.25. The molecule has 0 amide bonds. The number of nitrogens with zero attached hydrogens (tertiary/aromatic N) is 1. The van der Waals surface area contributed by atoms with Gasteiger partial charge in [0.1, 0.15) is 5.75 Å². The van der Waals surface area contributed by atoms with Gasteiger partial charge in [-0.2, -0.15) is 0 Å². The summed E-state index contributed by atoms with van der Waals surface area (Å²) in [4.78, 5) is 2.48. The van der Waals surface area contributed by atoms with E-state index in [2.05, 4.69) is 50.8 Å². The Balaban J connectivity index is 2.31. The first-order valence-electron chi connectivity index (χ1n) is 7.10. The zero-order valence-electron chi connectivity index (χ0n) is 12.3. The highest BCUT2D eigenvalue weighted by Crippen LogP contribution is 2.20. The summed E-state index contributed by atoms with van der Waals surface area (Å²) in [7, 11) is 0. The molecule has 0 radical (unpaired) electrons. The highest BCUT2D eigenvalue weighted by atomic mass is 16.5. The lowest BCUT2D eigenvalue weighted by Gasteiger charge is -2.19. The average molecular weight is 249 g/mol. The highest BCUT2D eigenvalue weighted by Gasteiger charge is 2.03. The van der Waals surface area contributed by atoms with Gasteiger partial charge in [0, 0.05) is 6.54 Å². The van der Waals surface area contributed by atoms with Crippen molar-refractivity contribution in [3.05, 3.63) is 29.3 Å². The molecule has 0 N–H and O–H groups in total. The molecule has 0 aliphatic heterocycles. The zero-order chi connectivity index (χ0) is 13.4. The molecule has 1 aromatic rings. The van der Waals surface area contributed by atoms with Gasteiger partial charge in [0.05, 0.1) is 6.61 Å². The van der Waals surface area contributed by atoms with Gasteiger partial charge in [-0.05, 0) is 57.0 Å². The third-order valence-electron chi connectivity index (χ3n) is 3.42. The molecule has 0 bridgehead atoms. The van der Waals surface area contributed by atoms with Crippen LogP contribution in [0.3, 0.4) is 0 Å². The van der Waals surface area contributed by atoms with Crippen molar-refractivity contribution in [3.8, 4) is 5.75 Å². The van der Waals surface area contributed by atoms with Crippen molar-refractivity contribution in [3.63, 3.8) is 0 Å². The quantitative estimate of drug-likeness (QED) is 0.650. The van der Waals surface area contributed by atoms with E-state index < -0.39 is 0 Å². The average Bonchev–Trinajstić information content (AvgIpc) is 2.38. The number of rotatable bonds is 8. The van der Waals surface area contributed by atoms with Gasteiger partial charge in [-0.25, -0.2) is 0 Å². The van der Waals surface area contributed by atoms with Crippen LogP contribution in [0.1, 0.15) is 37.8 Å². The summed E-state index contributed by atoms with van der Waals surface area (Å²) in [5.41, 5.74) is 2.56. The molecule has 0 fully saturated rings. The number of ether oxygens (including phenoxy) is 1. The number of hydrogen-bond acceptors (Lipinski definition) is 2. The summed E-state index contributed by atoms with van der Waals surface area (Å²) in [6.45, 7) is 13.0. The van der Waals surface area contributed by atoms with Crippen LogP contribution in [0.5, 0.6) is 5.75 Å². The van der Waals surface area contributed by atoms with Crippen LogP contribution < -0.4 is 4.74 Å². The van der Waals surface area contributed by atoms with Gasteiger partial charge in [0.2, 0.25) is 0 Å². The standard InChI is InChI=1S/C16H27NO/c1-5-11-17(6-2)12-8-13-18-16-10-7-9-14(3)15(16)4/h7,9-10H,5-6,8,11-13H2,1-4H3. The van der Waals surface area contributed by atoms with Gasteiger partial charge in [0.25, 0.3) is 0 Å². The first kappa shape index (κ1) is 15.0. The molecule has 2 heteroatoms. The largest absolute Gasteiger partial charge is 0.493 e. The molecule has 0 spiro atoms. The monoisotopic (exact) mass is 249 g/mol. The van der Waals surface area contributed by atoms with Gasteiger partial charge < -0.3 is 9.64 Å². The van der Waals surface area contributed by atoms with Crippen molar-refractivity contribution < 1.29 is 4.74 Å². The van der Waals surface area contributed by atoms with E-state index in [4.69, 9.17) is 4.74 Å². The van der Waals surface area contributed by atoms with Gasteiger partial charge in [-0.15, -0.1) is 0 Å². The van der Waals surface area contributed by atoms with Gasteiger partial charge in [0.15, 0.2) is 0 Å². The minimum Gasteiger partial charge on any atom is -0.493 e. The van der Waals surface area contributed by atoms with Crippen LogP contribution in [0.25, 0.3) is 0 Å². The smallest absolute Gasteiger partial charge is 0.122 e. The second-order valence-corrected chi connectivity index (χ2v) is 4.83. The summed E-state index contributed by atoms with van der Waals surface area (Å²) < 4.78 is 5.86. The Morgan fingerprint density at radius 2 is 1.89 bits per heavy atom. The van der Waals surface area contributed by atoms with Crippen molar-refractivity contribution in [2.24, 2.45) is 0 Å². The predicted molar refractivity (Wildman–Crippen MR) is 78.4 cm³/mol. The SMILES string of the molecule is CCCN(CC)CCCOc1cccc(C)c1C. The van der Waals surface area contributed by atoms with Crippen LogP contribution in [0, 0.1) is 13.8 Å². The van der Waals surface area contributed by atoms with Crippen molar-refractivity contribution >= 4 is 0 Å². The van der Waals surface area contributed by atoms with Crippen LogP contribution in [0.15, 0.2) is 18.2 Å². The van der Waals surface area contributed by atoms with Crippen molar-refractivity contribution in [1.82, 2.24) is 4.90 Å². The van der Waals surface area contributed by atoms with Gasteiger partial charge in [-0.1, -0.05) is 26.0 Å². The van der Waals surface area contributed by atoms with Crippen LogP contribution in [-0.2, 0) is 0 Å². The van der Waals surface area contributed by atoms with E-state index in [0.717, 1.165) is 31.9 Å². The predicted octanol–water partition coefficient (Wildman–Crippen LogP) is 3.80. The number of benzene rings is 1. The van der Waals surface area contributed by atoms with E-state index in [1.165, 1.54) is 24.1 Å². The Kier molecular flexibility index (Phi) is 6.81. The molecule has 0 heterocycles.